The molecule has 1 N–H and O–H groups in total. The number of hydrogen-bond acceptors (Lipinski definition) is 3. The van der Waals surface area contributed by atoms with Crippen molar-refractivity contribution in [3.05, 3.63) is 65.7 Å². The molecule has 7 heteroatoms. The summed E-state index contributed by atoms with van der Waals surface area (Å²) in [5.74, 6) is -2.53. The molecule has 0 aliphatic heterocycles. The van der Waals surface area contributed by atoms with Crippen LogP contribution in [0.4, 0.5) is 8.78 Å². The number of carbonyl (C=O) groups excluding carboxylic acids is 1. The Morgan fingerprint density at radius 3 is 2.15 bits per heavy atom. The summed E-state index contributed by atoms with van der Waals surface area (Å²) in [5, 5.41) is 0. The maximum atomic E-state index is 13.4. The lowest BCUT2D eigenvalue weighted by atomic mass is 10.2. The first-order chi connectivity index (χ1) is 9.40. The highest BCUT2D eigenvalue weighted by atomic mass is 32.2. The summed E-state index contributed by atoms with van der Waals surface area (Å²) in [4.78, 5) is 11.4. The van der Waals surface area contributed by atoms with Gasteiger partial charge < -0.3 is 0 Å². The van der Waals surface area contributed by atoms with Gasteiger partial charge in [0.05, 0.1) is 10.5 Å². The largest absolute Gasteiger partial charge is 0.268 e. The highest BCUT2D eigenvalue weighted by molar-refractivity contribution is 7.90. The van der Waals surface area contributed by atoms with Gasteiger partial charge in [0.1, 0.15) is 11.6 Å². The Morgan fingerprint density at radius 2 is 1.55 bits per heavy atom. The van der Waals surface area contributed by atoms with E-state index >= 15 is 0 Å². The van der Waals surface area contributed by atoms with Crippen molar-refractivity contribution in [3.8, 4) is 0 Å². The van der Waals surface area contributed by atoms with Gasteiger partial charge in [0, 0.05) is 0 Å². The van der Waals surface area contributed by atoms with E-state index in [1.54, 1.807) is 4.72 Å². The Morgan fingerprint density at radius 1 is 0.950 bits per heavy atom. The fourth-order valence-corrected chi connectivity index (χ4v) is 2.46. The molecule has 1 amide bonds. The molecule has 0 bridgehead atoms. The third kappa shape index (κ3) is 3.00. The van der Waals surface area contributed by atoms with Gasteiger partial charge in [-0.05, 0) is 36.4 Å². The molecule has 0 unspecified atom stereocenters. The van der Waals surface area contributed by atoms with E-state index in [1.807, 2.05) is 0 Å². The van der Waals surface area contributed by atoms with E-state index in [2.05, 4.69) is 0 Å². The summed E-state index contributed by atoms with van der Waals surface area (Å²) >= 11 is 0. The van der Waals surface area contributed by atoms with Crippen molar-refractivity contribution >= 4 is 15.9 Å². The molecule has 0 saturated heterocycles. The number of sulfonamides is 1. The number of nitrogens with one attached hydrogen (secondary N) is 1. The molecule has 0 spiro atoms. The van der Waals surface area contributed by atoms with E-state index in [-0.39, 0.29) is 4.90 Å². The SMILES string of the molecule is O=C(NS(=O)(=O)c1ccc(F)cc1)c1ccccc1F. The van der Waals surface area contributed by atoms with Crippen LogP contribution in [0.5, 0.6) is 0 Å². The predicted octanol–water partition coefficient (Wildman–Crippen LogP) is 2.08. The molecule has 0 aliphatic carbocycles. The van der Waals surface area contributed by atoms with Gasteiger partial charge in [0.15, 0.2) is 0 Å². The number of benzene rings is 2. The van der Waals surface area contributed by atoms with Gasteiger partial charge >= 0.3 is 0 Å². The molecule has 104 valence electrons. The monoisotopic (exact) mass is 297 g/mol. The van der Waals surface area contributed by atoms with Crippen molar-refractivity contribution in [1.82, 2.24) is 4.72 Å². The minimum atomic E-state index is -4.17. The van der Waals surface area contributed by atoms with Crippen LogP contribution < -0.4 is 4.72 Å². The first-order valence-electron chi connectivity index (χ1n) is 5.47. The van der Waals surface area contributed by atoms with Gasteiger partial charge in [-0.25, -0.2) is 21.9 Å². The topological polar surface area (TPSA) is 63.2 Å². The van der Waals surface area contributed by atoms with Crippen LogP contribution in [0.1, 0.15) is 10.4 Å². The maximum Gasteiger partial charge on any atom is 0.267 e. The second-order valence-electron chi connectivity index (χ2n) is 3.87. The van der Waals surface area contributed by atoms with Crippen molar-refractivity contribution in [2.24, 2.45) is 0 Å². The molecule has 0 atom stereocenters. The van der Waals surface area contributed by atoms with Gasteiger partial charge in [-0.1, -0.05) is 12.1 Å². The fraction of sp³-hybridized carbons (Fsp3) is 0. The zero-order chi connectivity index (χ0) is 14.8. The average Bonchev–Trinajstić information content (AvgIpc) is 2.39. The van der Waals surface area contributed by atoms with E-state index in [9.17, 15) is 22.0 Å². The average molecular weight is 297 g/mol. The van der Waals surface area contributed by atoms with Crippen molar-refractivity contribution in [2.45, 2.75) is 4.90 Å². The number of rotatable bonds is 3. The molecular formula is C13H9F2NO3S. The number of carbonyl (C=O) groups is 1. The molecule has 0 aromatic heterocycles. The van der Waals surface area contributed by atoms with Gasteiger partial charge in [-0.15, -0.1) is 0 Å². The zero-order valence-corrected chi connectivity index (χ0v) is 10.8. The minimum Gasteiger partial charge on any atom is -0.268 e. The molecule has 0 fully saturated rings. The second-order valence-corrected chi connectivity index (χ2v) is 5.55. The molecule has 0 heterocycles. The number of halogens is 2. The molecule has 0 radical (unpaired) electrons. The van der Waals surface area contributed by atoms with Gasteiger partial charge in [-0.3, -0.25) is 4.79 Å². The van der Waals surface area contributed by atoms with E-state index in [1.165, 1.54) is 12.1 Å². The Balaban J connectivity index is 2.27. The summed E-state index contributed by atoms with van der Waals surface area (Å²) in [6.45, 7) is 0. The Labute approximate surface area is 114 Å². The highest BCUT2D eigenvalue weighted by Gasteiger charge is 2.20. The predicted molar refractivity (Wildman–Crippen MR) is 67.5 cm³/mol. The third-order valence-corrected chi connectivity index (χ3v) is 3.82. The van der Waals surface area contributed by atoms with E-state index in [0.29, 0.717) is 0 Å². The Hall–Kier alpha value is -2.28. The lowest BCUT2D eigenvalue weighted by molar-refractivity contribution is 0.0977. The van der Waals surface area contributed by atoms with Crippen LogP contribution in [0.3, 0.4) is 0 Å². The van der Waals surface area contributed by atoms with Crippen molar-refractivity contribution < 1.29 is 22.0 Å². The van der Waals surface area contributed by atoms with Crippen LogP contribution in [0.25, 0.3) is 0 Å². The van der Waals surface area contributed by atoms with Gasteiger partial charge in [-0.2, -0.15) is 0 Å². The smallest absolute Gasteiger partial charge is 0.267 e. The molecule has 0 aliphatic rings. The van der Waals surface area contributed by atoms with Crippen molar-refractivity contribution in [3.63, 3.8) is 0 Å². The Bertz CT molecular complexity index is 742. The van der Waals surface area contributed by atoms with Crippen molar-refractivity contribution in [1.29, 1.82) is 0 Å². The zero-order valence-electron chi connectivity index (χ0n) is 10.0. The second kappa shape index (κ2) is 5.38. The number of hydrogen-bond donors (Lipinski definition) is 1. The van der Waals surface area contributed by atoms with Crippen molar-refractivity contribution in [2.75, 3.05) is 0 Å². The molecule has 2 aromatic carbocycles. The third-order valence-electron chi connectivity index (χ3n) is 2.47. The molecular weight excluding hydrogens is 288 g/mol. The van der Waals surface area contributed by atoms with Gasteiger partial charge in [0.25, 0.3) is 15.9 Å². The van der Waals surface area contributed by atoms with Crippen LogP contribution in [-0.4, -0.2) is 14.3 Å². The van der Waals surface area contributed by atoms with Crippen LogP contribution >= 0.6 is 0 Å². The summed E-state index contributed by atoms with van der Waals surface area (Å²) in [6, 6.07) is 8.89. The lowest BCUT2D eigenvalue weighted by Crippen LogP contribution is -2.31. The summed E-state index contributed by atoms with van der Waals surface area (Å²) in [6.07, 6.45) is 0. The van der Waals surface area contributed by atoms with E-state index in [0.717, 1.165) is 36.4 Å². The first kappa shape index (κ1) is 14.1. The van der Waals surface area contributed by atoms with Crippen LogP contribution in [0.2, 0.25) is 0 Å². The van der Waals surface area contributed by atoms with Crippen LogP contribution in [0.15, 0.2) is 53.4 Å². The van der Waals surface area contributed by atoms with Crippen LogP contribution in [0, 0.1) is 11.6 Å². The van der Waals surface area contributed by atoms with E-state index in [4.69, 9.17) is 0 Å². The maximum absolute atomic E-state index is 13.4. The fourth-order valence-electron chi connectivity index (χ4n) is 1.50. The quantitative estimate of drug-likeness (QED) is 0.943. The number of amides is 1. The normalized spacial score (nSPS) is 11.1. The van der Waals surface area contributed by atoms with E-state index < -0.39 is 33.1 Å². The summed E-state index contributed by atoms with van der Waals surface area (Å²) in [7, 11) is -4.17. The molecule has 4 nitrogen and oxygen atoms in total. The lowest BCUT2D eigenvalue weighted by Gasteiger charge is -2.07. The first-order valence-corrected chi connectivity index (χ1v) is 6.96. The highest BCUT2D eigenvalue weighted by Crippen LogP contribution is 2.12. The molecule has 2 rings (SSSR count). The summed E-state index contributed by atoms with van der Waals surface area (Å²) < 4.78 is 51.5. The van der Waals surface area contributed by atoms with Gasteiger partial charge in [0.2, 0.25) is 0 Å². The Kier molecular flexibility index (Phi) is 3.80. The minimum absolute atomic E-state index is 0.288. The standard InChI is InChI=1S/C13H9F2NO3S/c14-9-5-7-10(8-6-9)20(18,19)16-13(17)11-3-1-2-4-12(11)15/h1-8H,(H,16,17). The molecule has 2 aromatic rings. The van der Waals surface area contributed by atoms with Crippen LogP contribution in [-0.2, 0) is 10.0 Å². The molecule has 20 heavy (non-hydrogen) atoms. The molecule has 0 saturated carbocycles. The summed E-state index contributed by atoms with van der Waals surface area (Å²) in [5.41, 5.74) is -0.391.